The van der Waals surface area contributed by atoms with E-state index in [4.69, 9.17) is 10.5 Å². The van der Waals surface area contributed by atoms with E-state index in [1.165, 1.54) is 5.56 Å². The number of benzene rings is 1. The lowest BCUT2D eigenvalue weighted by molar-refractivity contribution is -0.125. The van der Waals surface area contributed by atoms with Gasteiger partial charge in [0.1, 0.15) is 11.9 Å². The molecule has 1 fully saturated rings. The molecule has 1 saturated carbocycles. The standard InChI is InChI=1S/C17H26N2O2/c1-3-15(21-16-6-4-5-12(2)9-16)11-19-17(20)13-7-8-14(18)10-13/h4-6,9,13-15H,3,7-8,10-11,18H2,1-2H3,(H,19,20). The summed E-state index contributed by atoms with van der Waals surface area (Å²) in [6, 6.07) is 8.18. The predicted molar refractivity (Wildman–Crippen MR) is 84.2 cm³/mol. The van der Waals surface area contributed by atoms with Crippen molar-refractivity contribution in [1.82, 2.24) is 5.32 Å². The van der Waals surface area contributed by atoms with E-state index in [0.29, 0.717) is 6.54 Å². The third-order valence-corrected chi connectivity index (χ3v) is 4.10. The highest BCUT2D eigenvalue weighted by Gasteiger charge is 2.27. The van der Waals surface area contributed by atoms with Gasteiger partial charge in [0.05, 0.1) is 6.54 Å². The minimum atomic E-state index is 0.00539. The number of nitrogens with one attached hydrogen (secondary N) is 1. The van der Waals surface area contributed by atoms with Crippen molar-refractivity contribution < 1.29 is 9.53 Å². The SMILES string of the molecule is CCC(CNC(=O)C1CCC(N)C1)Oc1cccc(C)c1. The minimum absolute atomic E-state index is 0.00539. The Kier molecular flexibility index (Phi) is 5.62. The van der Waals surface area contributed by atoms with Gasteiger partial charge in [0.15, 0.2) is 0 Å². The lowest BCUT2D eigenvalue weighted by Crippen LogP contribution is -2.38. The van der Waals surface area contributed by atoms with E-state index in [-0.39, 0.29) is 24.0 Å². The second-order valence-electron chi connectivity index (χ2n) is 5.98. The highest BCUT2D eigenvalue weighted by atomic mass is 16.5. The van der Waals surface area contributed by atoms with Crippen LogP contribution in [0.5, 0.6) is 5.75 Å². The number of ether oxygens (including phenoxy) is 1. The highest BCUT2D eigenvalue weighted by Crippen LogP contribution is 2.24. The van der Waals surface area contributed by atoms with Crippen LogP contribution in [0.25, 0.3) is 0 Å². The van der Waals surface area contributed by atoms with Gasteiger partial charge < -0.3 is 15.8 Å². The normalized spacial score (nSPS) is 22.8. The third kappa shape index (κ3) is 4.74. The summed E-state index contributed by atoms with van der Waals surface area (Å²) in [5.41, 5.74) is 7.03. The number of hydrogen-bond acceptors (Lipinski definition) is 3. The molecule has 21 heavy (non-hydrogen) atoms. The van der Waals surface area contributed by atoms with E-state index in [1.807, 2.05) is 31.2 Å². The first-order valence-corrected chi connectivity index (χ1v) is 7.85. The molecule has 1 aromatic carbocycles. The van der Waals surface area contributed by atoms with Crippen molar-refractivity contribution in [2.45, 2.75) is 51.7 Å². The molecule has 0 spiro atoms. The van der Waals surface area contributed by atoms with Crippen molar-refractivity contribution in [2.75, 3.05) is 6.54 Å². The van der Waals surface area contributed by atoms with E-state index in [0.717, 1.165) is 31.4 Å². The fourth-order valence-electron chi connectivity index (χ4n) is 2.76. The second-order valence-corrected chi connectivity index (χ2v) is 5.98. The topological polar surface area (TPSA) is 64.4 Å². The van der Waals surface area contributed by atoms with E-state index in [2.05, 4.69) is 12.2 Å². The molecule has 0 aliphatic heterocycles. The van der Waals surface area contributed by atoms with E-state index < -0.39 is 0 Å². The van der Waals surface area contributed by atoms with E-state index >= 15 is 0 Å². The predicted octanol–water partition coefficient (Wildman–Crippen LogP) is 2.40. The van der Waals surface area contributed by atoms with E-state index in [1.54, 1.807) is 0 Å². The van der Waals surface area contributed by atoms with Crippen LogP contribution in [0.1, 0.15) is 38.2 Å². The van der Waals surface area contributed by atoms with Gasteiger partial charge >= 0.3 is 0 Å². The zero-order valence-electron chi connectivity index (χ0n) is 13.0. The molecule has 1 aliphatic carbocycles. The van der Waals surface area contributed by atoms with Gasteiger partial charge in [0.2, 0.25) is 5.91 Å². The Morgan fingerprint density at radius 3 is 2.90 bits per heavy atom. The smallest absolute Gasteiger partial charge is 0.223 e. The van der Waals surface area contributed by atoms with Crippen LogP contribution in [-0.2, 0) is 4.79 Å². The van der Waals surface area contributed by atoms with Crippen molar-refractivity contribution in [3.05, 3.63) is 29.8 Å². The molecule has 0 radical (unpaired) electrons. The number of hydrogen-bond donors (Lipinski definition) is 2. The number of rotatable bonds is 6. The van der Waals surface area contributed by atoms with Crippen molar-refractivity contribution in [1.29, 1.82) is 0 Å². The summed E-state index contributed by atoms with van der Waals surface area (Å²) in [5, 5.41) is 3.01. The fourth-order valence-corrected chi connectivity index (χ4v) is 2.76. The van der Waals surface area contributed by atoms with Crippen LogP contribution in [0.4, 0.5) is 0 Å². The Hall–Kier alpha value is -1.55. The molecule has 1 aromatic rings. The lowest BCUT2D eigenvalue weighted by Gasteiger charge is -2.19. The van der Waals surface area contributed by atoms with Crippen LogP contribution in [0.3, 0.4) is 0 Å². The number of amides is 1. The molecule has 1 aliphatic rings. The summed E-state index contributed by atoms with van der Waals surface area (Å²) in [4.78, 5) is 12.1. The summed E-state index contributed by atoms with van der Waals surface area (Å²) >= 11 is 0. The molecule has 4 nitrogen and oxygen atoms in total. The highest BCUT2D eigenvalue weighted by molar-refractivity contribution is 5.79. The maximum Gasteiger partial charge on any atom is 0.223 e. The summed E-state index contributed by atoms with van der Waals surface area (Å²) < 4.78 is 5.94. The molecular weight excluding hydrogens is 264 g/mol. The van der Waals surface area contributed by atoms with Gasteiger partial charge in [0.25, 0.3) is 0 Å². The van der Waals surface area contributed by atoms with Crippen LogP contribution in [-0.4, -0.2) is 24.6 Å². The monoisotopic (exact) mass is 290 g/mol. The summed E-state index contributed by atoms with van der Waals surface area (Å²) in [7, 11) is 0. The number of nitrogens with two attached hydrogens (primary N) is 1. The summed E-state index contributed by atoms with van der Waals surface area (Å²) in [6.07, 6.45) is 3.53. The second kappa shape index (κ2) is 7.46. The van der Waals surface area contributed by atoms with Gasteiger partial charge in [-0.05, 0) is 50.3 Å². The Morgan fingerprint density at radius 1 is 1.48 bits per heavy atom. The van der Waals surface area contributed by atoms with Gasteiger partial charge in [-0.2, -0.15) is 0 Å². The van der Waals surface area contributed by atoms with E-state index in [9.17, 15) is 4.79 Å². The first-order chi connectivity index (χ1) is 10.1. The summed E-state index contributed by atoms with van der Waals surface area (Å²) in [5.74, 6) is 1.06. The molecule has 0 heterocycles. The molecule has 0 bridgehead atoms. The molecule has 0 aromatic heterocycles. The molecule has 0 saturated heterocycles. The molecule has 4 heteroatoms. The number of carbonyl (C=O) groups is 1. The first-order valence-electron chi connectivity index (χ1n) is 7.85. The number of carbonyl (C=O) groups excluding carboxylic acids is 1. The molecule has 3 atom stereocenters. The van der Waals surface area contributed by atoms with Crippen LogP contribution >= 0.6 is 0 Å². The quantitative estimate of drug-likeness (QED) is 0.845. The molecule has 3 N–H and O–H groups in total. The third-order valence-electron chi connectivity index (χ3n) is 4.10. The average molecular weight is 290 g/mol. The van der Waals surface area contributed by atoms with Crippen LogP contribution in [0, 0.1) is 12.8 Å². The van der Waals surface area contributed by atoms with Gasteiger partial charge in [-0.3, -0.25) is 4.79 Å². The minimum Gasteiger partial charge on any atom is -0.489 e. The van der Waals surface area contributed by atoms with Crippen molar-refractivity contribution in [3.8, 4) is 5.75 Å². The Balaban J connectivity index is 1.81. The maximum absolute atomic E-state index is 12.1. The van der Waals surface area contributed by atoms with Crippen LogP contribution in [0.15, 0.2) is 24.3 Å². The van der Waals surface area contributed by atoms with Crippen molar-refractivity contribution in [2.24, 2.45) is 11.7 Å². The lowest BCUT2D eigenvalue weighted by atomic mass is 10.1. The maximum atomic E-state index is 12.1. The fraction of sp³-hybridized carbons (Fsp3) is 0.588. The molecular formula is C17H26N2O2. The van der Waals surface area contributed by atoms with Crippen LogP contribution < -0.4 is 15.8 Å². The van der Waals surface area contributed by atoms with Crippen LogP contribution in [0.2, 0.25) is 0 Å². The van der Waals surface area contributed by atoms with Gasteiger partial charge in [-0.1, -0.05) is 19.1 Å². The zero-order chi connectivity index (χ0) is 15.2. The Labute approximate surface area is 127 Å². The van der Waals surface area contributed by atoms with Gasteiger partial charge in [-0.25, -0.2) is 0 Å². The van der Waals surface area contributed by atoms with Gasteiger partial charge in [-0.15, -0.1) is 0 Å². The van der Waals surface area contributed by atoms with Crippen molar-refractivity contribution in [3.63, 3.8) is 0 Å². The molecule has 3 unspecified atom stereocenters. The Morgan fingerprint density at radius 2 is 2.29 bits per heavy atom. The Bertz CT molecular complexity index is 476. The molecule has 116 valence electrons. The summed E-state index contributed by atoms with van der Waals surface area (Å²) in [6.45, 7) is 4.66. The van der Waals surface area contributed by atoms with Gasteiger partial charge in [0, 0.05) is 12.0 Å². The largest absolute Gasteiger partial charge is 0.489 e. The van der Waals surface area contributed by atoms with Crippen molar-refractivity contribution >= 4 is 5.91 Å². The molecule has 1 amide bonds. The number of aryl methyl sites for hydroxylation is 1. The first kappa shape index (κ1) is 15.8. The zero-order valence-corrected chi connectivity index (χ0v) is 13.0. The molecule has 2 rings (SSSR count). The average Bonchev–Trinajstić information content (AvgIpc) is 2.90.